The van der Waals surface area contributed by atoms with E-state index in [1.165, 1.54) is 30.0 Å². The lowest BCUT2D eigenvalue weighted by molar-refractivity contribution is -0.384. The number of carbonyl (C=O) groups is 1. The summed E-state index contributed by atoms with van der Waals surface area (Å²) in [6, 6.07) is 4.07. The van der Waals surface area contributed by atoms with Crippen LogP contribution in [0.25, 0.3) is 0 Å². The molecule has 11 heteroatoms. The van der Waals surface area contributed by atoms with Crippen molar-refractivity contribution in [3.8, 4) is 0 Å². The van der Waals surface area contributed by atoms with E-state index >= 15 is 0 Å². The molecule has 128 valence electrons. The van der Waals surface area contributed by atoms with Crippen molar-refractivity contribution in [1.29, 1.82) is 0 Å². The molecule has 24 heavy (non-hydrogen) atoms. The summed E-state index contributed by atoms with van der Waals surface area (Å²) < 4.78 is 1.62. The van der Waals surface area contributed by atoms with Crippen LogP contribution in [-0.4, -0.2) is 36.8 Å². The topological polar surface area (TPSA) is 116 Å². The first-order valence-electron chi connectivity index (χ1n) is 6.84. The van der Waals surface area contributed by atoms with E-state index in [0.717, 1.165) is 0 Å². The molecular weight excluding hydrogens is 356 g/mol. The Kier molecular flexibility index (Phi) is 5.40. The molecule has 0 aliphatic heterocycles. The molecule has 2 rings (SSSR count). The molecule has 1 heterocycles. The maximum absolute atomic E-state index is 12.0. The molecule has 1 aromatic heterocycles. The number of benzene rings is 1. The second-order valence-corrected chi connectivity index (χ2v) is 7.15. The Morgan fingerprint density at radius 3 is 2.79 bits per heavy atom. The first kappa shape index (κ1) is 18.1. The van der Waals surface area contributed by atoms with Crippen LogP contribution >= 0.6 is 23.4 Å². The van der Waals surface area contributed by atoms with E-state index in [0.29, 0.717) is 10.8 Å². The summed E-state index contributed by atoms with van der Waals surface area (Å²) in [7, 11) is 0. The number of amides is 1. The highest BCUT2D eigenvalue weighted by Gasteiger charge is 2.21. The summed E-state index contributed by atoms with van der Waals surface area (Å²) in [6.07, 6.45) is 0. The van der Waals surface area contributed by atoms with Crippen LogP contribution in [0.2, 0.25) is 5.02 Å². The van der Waals surface area contributed by atoms with Crippen molar-refractivity contribution >= 4 is 40.6 Å². The van der Waals surface area contributed by atoms with Gasteiger partial charge in [0, 0.05) is 11.8 Å². The third-order valence-corrected chi connectivity index (χ3v) is 4.07. The van der Waals surface area contributed by atoms with Crippen LogP contribution in [0.5, 0.6) is 0 Å². The van der Waals surface area contributed by atoms with Crippen molar-refractivity contribution in [3.05, 3.63) is 33.3 Å². The summed E-state index contributed by atoms with van der Waals surface area (Å²) >= 11 is 6.91. The van der Waals surface area contributed by atoms with E-state index < -0.39 is 4.92 Å². The number of nitro benzene ring substituents is 1. The predicted molar refractivity (Wildman–Crippen MR) is 90.3 cm³/mol. The minimum Gasteiger partial charge on any atom is -0.325 e. The number of halogens is 1. The number of anilines is 1. The minimum absolute atomic E-state index is 0.0109. The van der Waals surface area contributed by atoms with Gasteiger partial charge < -0.3 is 5.32 Å². The van der Waals surface area contributed by atoms with Crippen LogP contribution in [-0.2, 0) is 10.3 Å². The summed E-state index contributed by atoms with van der Waals surface area (Å²) in [5.74, 6) is -0.271. The molecule has 0 unspecified atom stereocenters. The number of nitrogens with one attached hydrogen (secondary N) is 1. The maximum Gasteiger partial charge on any atom is 0.289 e. The van der Waals surface area contributed by atoms with E-state index in [1.807, 2.05) is 20.8 Å². The average Bonchev–Trinajstić information content (AvgIpc) is 2.95. The van der Waals surface area contributed by atoms with Gasteiger partial charge in [-0.1, -0.05) is 23.4 Å². The molecule has 0 bridgehead atoms. The molecule has 0 spiro atoms. The fraction of sp³-hybridized carbons (Fsp3) is 0.385. The van der Waals surface area contributed by atoms with Crippen molar-refractivity contribution in [1.82, 2.24) is 20.2 Å². The van der Waals surface area contributed by atoms with E-state index in [9.17, 15) is 14.9 Å². The quantitative estimate of drug-likeness (QED) is 0.488. The Bertz CT molecular complexity index is 773. The van der Waals surface area contributed by atoms with E-state index in [-0.39, 0.29) is 27.9 Å². The zero-order valence-corrected chi connectivity index (χ0v) is 14.8. The Labute approximate surface area is 146 Å². The number of nitro groups is 1. The number of nitrogens with zero attached hydrogens (tertiary/aromatic N) is 5. The predicted octanol–water partition coefficient (Wildman–Crippen LogP) is 2.72. The summed E-state index contributed by atoms with van der Waals surface area (Å²) in [6.45, 7) is 5.83. The van der Waals surface area contributed by atoms with Gasteiger partial charge in [-0.15, -0.1) is 5.10 Å². The molecule has 1 aromatic carbocycles. The number of rotatable bonds is 5. The highest BCUT2D eigenvalue weighted by Crippen LogP contribution is 2.27. The SMILES string of the molecule is CC(C)(C)n1nnnc1SCC(=O)Nc1ccc(Cl)c([N+](=O)[O-])c1. The molecule has 0 fully saturated rings. The van der Waals surface area contributed by atoms with Gasteiger partial charge in [0.15, 0.2) is 0 Å². The fourth-order valence-corrected chi connectivity index (χ4v) is 2.79. The number of carbonyl (C=O) groups excluding carboxylic acids is 1. The Balaban J connectivity index is 2.01. The second-order valence-electron chi connectivity index (χ2n) is 5.80. The molecule has 0 radical (unpaired) electrons. The van der Waals surface area contributed by atoms with Crippen LogP contribution in [0.4, 0.5) is 11.4 Å². The minimum atomic E-state index is -0.607. The van der Waals surface area contributed by atoms with Crippen molar-refractivity contribution in [2.45, 2.75) is 31.5 Å². The third kappa shape index (κ3) is 4.42. The molecule has 0 saturated carbocycles. The molecule has 0 atom stereocenters. The fourth-order valence-electron chi connectivity index (χ4n) is 1.75. The first-order chi connectivity index (χ1) is 11.2. The molecule has 0 aliphatic rings. The van der Waals surface area contributed by atoms with Gasteiger partial charge in [0.1, 0.15) is 5.02 Å². The highest BCUT2D eigenvalue weighted by molar-refractivity contribution is 7.99. The summed E-state index contributed by atoms with van der Waals surface area (Å²) in [5.41, 5.74) is -0.273. The Morgan fingerprint density at radius 2 is 2.17 bits per heavy atom. The number of tetrazole rings is 1. The Hall–Kier alpha value is -2.20. The summed E-state index contributed by atoms with van der Waals surface area (Å²) in [5, 5.41) is 25.4. The van der Waals surface area contributed by atoms with Crippen LogP contribution < -0.4 is 5.32 Å². The first-order valence-corrected chi connectivity index (χ1v) is 8.20. The second kappa shape index (κ2) is 7.14. The van der Waals surface area contributed by atoms with E-state index in [1.54, 1.807) is 4.68 Å². The van der Waals surface area contributed by atoms with Crippen molar-refractivity contribution < 1.29 is 9.72 Å². The van der Waals surface area contributed by atoms with Gasteiger partial charge in [-0.2, -0.15) is 0 Å². The monoisotopic (exact) mass is 370 g/mol. The van der Waals surface area contributed by atoms with Crippen LogP contribution in [0, 0.1) is 10.1 Å². The van der Waals surface area contributed by atoms with Gasteiger partial charge in [-0.3, -0.25) is 14.9 Å². The molecule has 1 N–H and O–H groups in total. The van der Waals surface area contributed by atoms with Gasteiger partial charge in [-0.05, 0) is 43.3 Å². The van der Waals surface area contributed by atoms with Crippen molar-refractivity contribution in [3.63, 3.8) is 0 Å². The van der Waals surface area contributed by atoms with Gasteiger partial charge in [0.05, 0.1) is 16.2 Å². The van der Waals surface area contributed by atoms with Crippen LogP contribution in [0.3, 0.4) is 0 Å². The largest absolute Gasteiger partial charge is 0.325 e. The zero-order valence-electron chi connectivity index (χ0n) is 13.2. The number of thioether (sulfide) groups is 1. The molecule has 9 nitrogen and oxygen atoms in total. The van der Waals surface area contributed by atoms with E-state index in [4.69, 9.17) is 11.6 Å². The lowest BCUT2D eigenvalue weighted by Gasteiger charge is -2.19. The molecule has 1 amide bonds. The number of aromatic nitrogens is 4. The standard InChI is InChI=1S/C13H15ClN6O3S/c1-13(2,3)19-12(16-17-18-19)24-7-11(21)15-8-4-5-9(14)10(6-8)20(22)23/h4-6H,7H2,1-3H3,(H,15,21). The lowest BCUT2D eigenvalue weighted by Crippen LogP contribution is -2.24. The summed E-state index contributed by atoms with van der Waals surface area (Å²) in [4.78, 5) is 22.3. The highest BCUT2D eigenvalue weighted by atomic mass is 35.5. The lowest BCUT2D eigenvalue weighted by atomic mass is 10.1. The Morgan fingerprint density at radius 1 is 1.46 bits per heavy atom. The van der Waals surface area contributed by atoms with Crippen molar-refractivity contribution in [2.75, 3.05) is 11.1 Å². The van der Waals surface area contributed by atoms with Gasteiger partial charge in [0.25, 0.3) is 5.69 Å². The molecule has 0 aliphatic carbocycles. The smallest absolute Gasteiger partial charge is 0.289 e. The van der Waals surface area contributed by atoms with Crippen LogP contribution in [0.15, 0.2) is 23.4 Å². The zero-order chi connectivity index (χ0) is 17.9. The van der Waals surface area contributed by atoms with Gasteiger partial charge in [-0.25, -0.2) is 4.68 Å². The van der Waals surface area contributed by atoms with Gasteiger partial charge >= 0.3 is 0 Å². The third-order valence-electron chi connectivity index (χ3n) is 2.84. The number of hydrogen-bond acceptors (Lipinski definition) is 7. The van der Waals surface area contributed by atoms with E-state index in [2.05, 4.69) is 20.8 Å². The molecule has 0 saturated heterocycles. The molecule has 2 aromatic rings. The average molecular weight is 371 g/mol. The number of hydrogen-bond donors (Lipinski definition) is 1. The van der Waals surface area contributed by atoms with Gasteiger partial charge in [0.2, 0.25) is 11.1 Å². The van der Waals surface area contributed by atoms with Crippen molar-refractivity contribution in [2.24, 2.45) is 0 Å². The normalized spacial score (nSPS) is 11.3. The van der Waals surface area contributed by atoms with Crippen LogP contribution in [0.1, 0.15) is 20.8 Å². The maximum atomic E-state index is 12.0. The molecular formula is C13H15ClN6O3S.